The van der Waals surface area contributed by atoms with Crippen molar-refractivity contribution in [1.29, 1.82) is 0 Å². The van der Waals surface area contributed by atoms with Gasteiger partial charge in [-0.1, -0.05) is 0 Å². The van der Waals surface area contributed by atoms with E-state index in [1.54, 1.807) is 18.4 Å². The summed E-state index contributed by atoms with van der Waals surface area (Å²) in [5.41, 5.74) is 2.24. The molecule has 0 aliphatic carbocycles. The number of hydrogen-bond donors (Lipinski definition) is 1. The first-order valence-corrected chi connectivity index (χ1v) is 8.08. The van der Waals surface area contributed by atoms with Gasteiger partial charge in [-0.15, -0.1) is 11.3 Å². The summed E-state index contributed by atoms with van der Waals surface area (Å²) in [5.74, 6) is 1.30. The molecule has 1 atom stereocenters. The minimum atomic E-state index is 0.296. The van der Waals surface area contributed by atoms with Crippen LogP contribution in [0.3, 0.4) is 0 Å². The predicted octanol–water partition coefficient (Wildman–Crippen LogP) is 2.63. The second-order valence-corrected chi connectivity index (χ2v) is 6.30. The molecule has 1 aromatic carbocycles. The number of likely N-dealkylation sites (tertiary alicyclic amines) is 1. The lowest BCUT2D eigenvalue weighted by atomic mass is 10.1. The number of methoxy groups -OCH3 is 1. The van der Waals surface area contributed by atoms with Crippen LogP contribution in [0.2, 0.25) is 0 Å². The van der Waals surface area contributed by atoms with E-state index in [0.29, 0.717) is 12.5 Å². The van der Waals surface area contributed by atoms with Crippen molar-refractivity contribution in [3.8, 4) is 16.3 Å². The zero-order valence-corrected chi connectivity index (χ0v) is 13.0. The second kappa shape index (κ2) is 6.56. The van der Waals surface area contributed by atoms with Crippen molar-refractivity contribution in [2.24, 2.45) is 5.92 Å². The summed E-state index contributed by atoms with van der Waals surface area (Å²) < 4.78 is 5.18. The molecular weight excluding hydrogens is 284 g/mol. The average molecular weight is 304 g/mol. The SMILES string of the molecule is COc1ccc(-c2nc(CN3CCC(CO)C3)cs2)cc1. The highest BCUT2D eigenvalue weighted by Gasteiger charge is 2.22. The van der Waals surface area contributed by atoms with Gasteiger partial charge in [0.15, 0.2) is 0 Å². The van der Waals surface area contributed by atoms with Gasteiger partial charge in [0.05, 0.1) is 12.8 Å². The van der Waals surface area contributed by atoms with E-state index in [1.807, 2.05) is 24.3 Å². The molecule has 1 N–H and O–H groups in total. The Morgan fingerprint density at radius 2 is 2.19 bits per heavy atom. The molecule has 0 saturated carbocycles. The van der Waals surface area contributed by atoms with E-state index < -0.39 is 0 Å². The summed E-state index contributed by atoms with van der Waals surface area (Å²) in [6.07, 6.45) is 1.09. The normalized spacial score (nSPS) is 19.0. The van der Waals surface area contributed by atoms with Crippen LogP contribution < -0.4 is 4.74 Å². The molecule has 1 aliphatic rings. The molecule has 1 fully saturated rings. The maximum absolute atomic E-state index is 9.19. The zero-order chi connectivity index (χ0) is 14.7. The fourth-order valence-corrected chi connectivity index (χ4v) is 3.50. The number of aliphatic hydroxyl groups excluding tert-OH is 1. The van der Waals surface area contributed by atoms with Crippen molar-refractivity contribution in [2.45, 2.75) is 13.0 Å². The van der Waals surface area contributed by atoms with Crippen LogP contribution in [0.4, 0.5) is 0 Å². The van der Waals surface area contributed by atoms with Gasteiger partial charge in [0, 0.05) is 30.6 Å². The van der Waals surface area contributed by atoms with Crippen LogP contribution in [0, 0.1) is 5.92 Å². The van der Waals surface area contributed by atoms with Gasteiger partial charge >= 0.3 is 0 Å². The number of aromatic nitrogens is 1. The molecule has 1 saturated heterocycles. The molecule has 4 nitrogen and oxygen atoms in total. The molecule has 112 valence electrons. The van der Waals surface area contributed by atoms with Gasteiger partial charge in [0.25, 0.3) is 0 Å². The van der Waals surface area contributed by atoms with Crippen molar-refractivity contribution < 1.29 is 9.84 Å². The number of nitrogens with zero attached hydrogens (tertiary/aromatic N) is 2. The monoisotopic (exact) mass is 304 g/mol. The Hall–Kier alpha value is -1.43. The summed E-state index contributed by atoms with van der Waals surface area (Å²) in [7, 11) is 1.67. The number of benzene rings is 1. The van der Waals surface area contributed by atoms with Gasteiger partial charge in [0.2, 0.25) is 0 Å². The van der Waals surface area contributed by atoms with Crippen molar-refractivity contribution >= 4 is 11.3 Å². The fourth-order valence-electron chi connectivity index (χ4n) is 2.68. The standard InChI is InChI=1S/C16H20N2O2S/c1-20-15-4-2-13(3-5-15)16-17-14(11-21-16)9-18-7-6-12(8-18)10-19/h2-5,11-12,19H,6-10H2,1H3. The molecule has 0 radical (unpaired) electrons. The highest BCUT2D eigenvalue weighted by molar-refractivity contribution is 7.13. The van der Waals surface area contributed by atoms with Crippen LogP contribution in [-0.4, -0.2) is 41.8 Å². The first-order valence-electron chi connectivity index (χ1n) is 7.20. The Bertz CT molecular complexity index is 582. The van der Waals surface area contributed by atoms with Gasteiger partial charge in [-0.2, -0.15) is 0 Å². The van der Waals surface area contributed by atoms with Gasteiger partial charge in [0.1, 0.15) is 10.8 Å². The fraction of sp³-hybridized carbons (Fsp3) is 0.438. The predicted molar refractivity (Wildman–Crippen MR) is 84.6 cm³/mol. The Kier molecular flexibility index (Phi) is 4.53. The van der Waals surface area contributed by atoms with Gasteiger partial charge < -0.3 is 9.84 Å². The lowest BCUT2D eigenvalue weighted by molar-refractivity contribution is 0.219. The van der Waals surface area contributed by atoms with Crippen LogP contribution in [-0.2, 0) is 6.54 Å². The number of hydrogen-bond acceptors (Lipinski definition) is 5. The molecule has 3 rings (SSSR count). The lowest BCUT2D eigenvalue weighted by Gasteiger charge is -2.13. The smallest absolute Gasteiger partial charge is 0.123 e. The summed E-state index contributed by atoms with van der Waals surface area (Å²) in [4.78, 5) is 7.09. The Labute approximate surface area is 129 Å². The van der Waals surface area contributed by atoms with Gasteiger partial charge in [-0.05, 0) is 43.1 Å². The van der Waals surface area contributed by atoms with Gasteiger partial charge in [-0.25, -0.2) is 4.98 Å². The van der Waals surface area contributed by atoms with E-state index >= 15 is 0 Å². The largest absolute Gasteiger partial charge is 0.497 e. The van der Waals surface area contributed by atoms with Crippen LogP contribution in [0.25, 0.3) is 10.6 Å². The van der Waals surface area contributed by atoms with Crippen LogP contribution in [0.15, 0.2) is 29.6 Å². The third-order valence-corrected chi connectivity index (χ3v) is 4.84. The molecule has 2 aromatic rings. The number of rotatable bonds is 5. The van der Waals surface area contributed by atoms with Crippen molar-refractivity contribution in [3.63, 3.8) is 0 Å². The number of aliphatic hydroxyl groups is 1. The molecule has 0 bridgehead atoms. The van der Waals surface area contributed by atoms with Crippen LogP contribution >= 0.6 is 11.3 Å². The Morgan fingerprint density at radius 3 is 2.86 bits per heavy atom. The van der Waals surface area contributed by atoms with E-state index in [2.05, 4.69) is 10.3 Å². The highest BCUT2D eigenvalue weighted by Crippen LogP contribution is 2.27. The number of ether oxygens (including phenoxy) is 1. The molecular formula is C16H20N2O2S. The average Bonchev–Trinajstić information content (AvgIpc) is 3.17. The van der Waals surface area contributed by atoms with Gasteiger partial charge in [-0.3, -0.25) is 4.90 Å². The lowest BCUT2D eigenvalue weighted by Crippen LogP contribution is -2.21. The quantitative estimate of drug-likeness (QED) is 0.922. The Morgan fingerprint density at radius 1 is 1.38 bits per heavy atom. The molecule has 21 heavy (non-hydrogen) atoms. The Balaban J connectivity index is 1.65. The van der Waals surface area contributed by atoms with Crippen molar-refractivity contribution in [1.82, 2.24) is 9.88 Å². The van der Waals surface area contributed by atoms with E-state index in [1.165, 1.54) is 0 Å². The molecule has 2 heterocycles. The summed E-state index contributed by atoms with van der Waals surface area (Å²) >= 11 is 1.68. The highest BCUT2D eigenvalue weighted by atomic mass is 32.1. The molecule has 1 aliphatic heterocycles. The van der Waals surface area contributed by atoms with E-state index in [-0.39, 0.29) is 0 Å². The van der Waals surface area contributed by atoms with Crippen molar-refractivity contribution in [2.75, 3.05) is 26.8 Å². The summed E-state index contributed by atoms with van der Waals surface area (Å²) in [6, 6.07) is 8.00. The zero-order valence-electron chi connectivity index (χ0n) is 12.2. The minimum Gasteiger partial charge on any atom is -0.497 e. The first-order chi connectivity index (χ1) is 10.3. The second-order valence-electron chi connectivity index (χ2n) is 5.44. The van der Waals surface area contributed by atoms with E-state index in [0.717, 1.165) is 48.1 Å². The first kappa shape index (κ1) is 14.5. The summed E-state index contributed by atoms with van der Waals surface area (Å²) in [5, 5.41) is 12.4. The minimum absolute atomic E-state index is 0.296. The van der Waals surface area contributed by atoms with Crippen LogP contribution in [0.5, 0.6) is 5.75 Å². The summed E-state index contributed by atoms with van der Waals surface area (Å²) in [6.45, 7) is 3.21. The number of thiazole rings is 1. The third-order valence-electron chi connectivity index (χ3n) is 3.90. The maximum atomic E-state index is 9.19. The molecule has 0 spiro atoms. The molecule has 1 aromatic heterocycles. The van der Waals surface area contributed by atoms with E-state index in [9.17, 15) is 5.11 Å². The maximum Gasteiger partial charge on any atom is 0.123 e. The topological polar surface area (TPSA) is 45.6 Å². The molecule has 0 amide bonds. The van der Waals surface area contributed by atoms with Crippen molar-refractivity contribution in [3.05, 3.63) is 35.3 Å². The molecule has 1 unspecified atom stereocenters. The molecule has 5 heteroatoms. The third kappa shape index (κ3) is 3.43. The van der Waals surface area contributed by atoms with E-state index in [4.69, 9.17) is 9.72 Å². The van der Waals surface area contributed by atoms with Crippen LogP contribution in [0.1, 0.15) is 12.1 Å².